The lowest BCUT2D eigenvalue weighted by atomic mass is 10.1. The number of ether oxygens (including phenoxy) is 2. The maximum atomic E-state index is 12.4. The third-order valence-corrected chi connectivity index (χ3v) is 4.87. The molecule has 162 valence electrons. The second-order valence-electron chi connectivity index (χ2n) is 7.25. The molecule has 5 nitrogen and oxygen atoms in total. The minimum absolute atomic E-state index is 0.103. The van der Waals surface area contributed by atoms with Crippen LogP contribution in [0.15, 0.2) is 91.0 Å². The van der Waals surface area contributed by atoms with E-state index in [1.165, 1.54) is 7.11 Å². The Morgan fingerprint density at radius 1 is 0.788 bits per heavy atom. The van der Waals surface area contributed by atoms with E-state index in [4.69, 9.17) is 9.47 Å². The van der Waals surface area contributed by atoms with Crippen molar-refractivity contribution in [2.45, 2.75) is 0 Å². The van der Waals surface area contributed by atoms with Gasteiger partial charge in [0.25, 0.3) is 5.91 Å². The van der Waals surface area contributed by atoms with Gasteiger partial charge in [0.05, 0.1) is 12.7 Å². The van der Waals surface area contributed by atoms with Gasteiger partial charge in [-0.15, -0.1) is 0 Å². The van der Waals surface area contributed by atoms with Crippen molar-refractivity contribution in [1.29, 1.82) is 0 Å². The summed E-state index contributed by atoms with van der Waals surface area (Å²) < 4.78 is 10.4. The SMILES string of the molecule is COC(=O)c1cccc(C#Cc2cccc(NC(=O)COc3ccc4ccccc4c3)c2)c1. The molecule has 5 heteroatoms. The predicted molar refractivity (Wildman–Crippen MR) is 128 cm³/mol. The van der Waals surface area contributed by atoms with Crippen molar-refractivity contribution in [1.82, 2.24) is 0 Å². The maximum absolute atomic E-state index is 12.4. The molecular weight excluding hydrogens is 414 g/mol. The molecule has 1 N–H and O–H groups in total. The maximum Gasteiger partial charge on any atom is 0.337 e. The fourth-order valence-electron chi connectivity index (χ4n) is 3.26. The molecule has 0 saturated carbocycles. The van der Waals surface area contributed by atoms with Crippen LogP contribution in [-0.2, 0) is 9.53 Å². The number of carbonyl (C=O) groups excluding carboxylic acids is 2. The van der Waals surface area contributed by atoms with Crippen molar-refractivity contribution in [2.24, 2.45) is 0 Å². The fourth-order valence-corrected chi connectivity index (χ4v) is 3.26. The zero-order valence-corrected chi connectivity index (χ0v) is 18.0. The van der Waals surface area contributed by atoms with Crippen LogP contribution in [0.5, 0.6) is 5.75 Å². The lowest BCUT2D eigenvalue weighted by Crippen LogP contribution is -2.20. The second-order valence-corrected chi connectivity index (χ2v) is 7.25. The standard InChI is InChI=1S/C28H21NO4/c1-32-28(31)24-10-4-6-20(16-24)12-13-21-7-5-11-25(17-21)29-27(30)19-33-26-15-14-22-8-2-3-9-23(22)18-26/h2-11,14-18H,19H2,1H3,(H,29,30). The van der Waals surface area contributed by atoms with E-state index in [-0.39, 0.29) is 12.5 Å². The number of fused-ring (bicyclic) bond motifs is 1. The summed E-state index contributed by atoms with van der Waals surface area (Å²) in [5.41, 5.74) is 2.48. The highest BCUT2D eigenvalue weighted by Gasteiger charge is 2.06. The molecule has 0 aliphatic carbocycles. The molecule has 0 unspecified atom stereocenters. The number of carbonyl (C=O) groups is 2. The zero-order chi connectivity index (χ0) is 23.0. The average molecular weight is 435 g/mol. The monoisotopic (exact) mass is 435 g/mol. The number of rotatable bonds is 5. The molecule has 0 spiro atoms. The number of benzene rings is 4. The highest BCUT2D eigenvalue weighted by Crippen LogP contribution is 2.20. The first kappa shape index (κ1) is 21.7. The Labute approximate surface area is 192 Å². The van der Waals surface area contributed by atoms with E-state index < -0.39 is 5.97 Å². The van der Waals surface area contributed by atoms with Crippen LogP contribution in [0.3, 0.4) is 0 Å². The molecule has 0 radical (unpaired) electrons. The van der Waals surface area contributed by atoms with Crippen molar-refractivity contribution in [3.8, 4) is 17.6 Å². The average Bonchev–Trinajstić information content (AvgIpc) is 2.86. The molecule has 0 fully saturated rings. The predicted octanol–water partition coefficient (Wildman–Crippen LogP) is 5.04. The van der Waals surface area contributed by atoms with Crippen molar-refractivity contribution in [2.75, 3.05) is 19.0 Å². The molecule has 1 amide bonds. The number of anilines is 1. The minimum Gasteiger partial charge on any atom is -0.484 e. The number of methoxy groups -OCH3 is 1. The number of nitrogens with one attached hydrogen (secondary N) is 1. The van der Waals surface area contributed by atoms with E-state index in [0.29, 0.717) is 22.6 Å². The summed E-state index contributed by atoms with van der Waals surface area (Å²) in [4.78, 5) is 24.0. The summed E-state index contributed by atoms with van der Waals surface area (Å²) in [5.74, 6) is 6.04. The van der Waals surface area contributed by atoms with E-state index >= 15 is 0 Å². The van der Waals surface area contributed by atoms with Crippen molar-refractivity contribution >= 4 is 28.3 Å². The first-order valence-electron chi connectivity index (χ1n) is 10.3. The highest BCUT2D eigenvalue weighted by atomic mass is 16.5. The Bertz CT molecular complexity index is 1380. The van der Waals surface area contributed by atoms with Crippen LogP contribution in [-0.4, -0.2) is 25.6 Å². The van der Waals surface area contributed by atoms with E-state index in [1.807, 2.05) is 60.7 Å². The van der Waals surface area contributed by atoms with Gasteiger partial charge in [-0.25, -0.2) is 4.79 Å². The molecule has 0 atom stereocenters. The normalized spacial score (nSPS) is 10.1. The molecular formula is C28H21NO4. The zero-order valence-electron chi connectivity index (χ0n) is 18.0. The summed E-state index contributed by atoms with van der Waals surface area (Å²) in [6.07, 6.45) is 0. The van der Waals surface area contributed by atoms with Crippen molar-refractivity contribution < 1.29 is 19.1 Å². The van der Waals surface area contributed by atoms with Gasteiger partial charge in [-0.2, -0.15) is 0 Å². The lowest BCUT2D eigenvalue weighted by Gasteiger charge is -2.08. The largest absolute Gasteiger partial charge is 0.484 e. The van der Waals surface area contributed by atoms with Gasteiger partial charge < -0.3 is 14.8 Å². The van der Waals surface area contributed by atoms with Gasteiger partial charge in [0.1, 0.15) is 5.75 Å². The van der Waals surface area contributed by atoms with Crippen LogP contribution in [0.25, 0.3) is 10.8 Å². The number of amides is 1. The molecule has 0 saturated heterocycles. The molecule has 4 rings (SSSR count). The molecule has 0 aliphatic heterocycles. The van der Waals surface area contributed by atoms with E-state index in [0.717, 1.165) is 16.3 Å². The van der Waals surface area contributed by atoms with Gasteiger partial charge in [0.2, 0.25) is 0 Å². The Morgan fingerprint density at radius 2 is 1.52 bits per heavy atom. The molecule has 4 aromatic rings. The van der Waals surface area contributed by atoms with Gasteiger partial charge in [-0.1, -0.05) is 54.3 Å². The third kappa shape index (κ3) is 5.78. The first-order chi connectivity index (χ1) is 16.1. The molecule has 0 heterocycles. The van der Waals surface area contributed by atoms with Gasteiger partial charge in [0.15, 0.2) is 6.61 Å². The minimum atomic E-state index is -0.408. The number of hydrogen-bond donors (Lipinski definition) is 1. The molecule has 0 aromatic heterocycles. The van der Waals surface area contributed by atoms with Crippen LogP contribution in [0, 0.1) is 11.8 Å². The van der Waals surface area contributed by atoms with E-state index in [1.54, 1.807) is 30.3 Å². The lowest BCUT2D eigenvalue weighted by molar-refractivity contribution is -0.118. The molecule has 0 aliphatic rings. The van der Waals surface area contributed by atoms with Crippen molar-refractivity contribution in [3.63, 3.8) is 0 Å². The van der Waals surface area contributed by atoms with Crippen LogP contribution < -0.4 is 10.1 Å². The third-order valence-electron chi connectivity index (χ3n) is 4.87. The Hall–Kier alpha value is -4.56. The summed E-state index contributed by atoms with van der Waals surface area (Å²) in [7, 11) is 1.34. The quantitative estimate of drug-likeness (QED) is 0.352. The smallest absolute Gasteiger partial charge is 0.337 e. The van der Waals surface area contributed by atoms with Gasteiger partial charge in [-0.3, -0.25) is 4.79 Å². The molecule has 33 heavy (non-hydrogen) atoms. The first-order valence-corrected chi connectivity index (χ1v) is 10.3. The summed E-state index contributed by atoms with van der Waals surface area (Å²) in [6, 6.07) is 27.8. The summed E-state index contributed by atoms with van der Waals surface area (Å²) >= 11 is 0. The Morgan fingerprint density at radius 3 is 2.30 bits per heavy atom. The Balaban J connectivity index is 1.38. The topological polar surface area (TPSA) is 64.6 Å². The van der Waals surface area contributed by atoms with Crippen LogP contribution in [0.4, 0.5) is 5.69 Å². The van der Waals surface area contributed by atoms with Crippen molar-refractivity contribution in [3.05, 3.63) is 108 Å². The second kappa shape index (κ2) is 10.2. The Kier molecular flexibility index (Phi) is 6.67. The van der Waals surface area contributed by atoms with Crippen LogP contribution >= 0.6 is 0 Å². The van der Waals surface area contributed by atoms with Gasteiger partial charge in [-0.05, 0) is 59.3 Å². The molecule has 0 bridgehead atoms. The number of hydrogen-bond acceptors (Lipinski definition) is 4. The summed E-state index contributed by atoms with van der Waals surface area (Å²) in [5, 5.41) is 5.00. The van der Waals surface area contributed by atoms with E-state index in [9.17, 15) is 9.59 Å². The van der Waals surface area contributed by atoms with E-state index in [2.05, 4.69) is 17.2 Å². The molecule has 4 aromatic carbocycles. The van der Waals surface area contributed by atoms with Gasteiger partial charge >= 0.3 is 5.97 Å². The van der Waals surface area contributed by atoms with Crippen LogP contribution in [0.1, 0.15) is 21.5 Å². The fraction of sp³-hybridized carbons (Fsp3) is 0.0714. The highest BCUT2D eigenvalue weighted by molar-refractivity contribution is 5.92. The summed E-state index contributed by atoms with van der Waals surface area (Å²) in [6.45, 7) is -0.103. The van der Waals surface area contributed by atoms with Gasteiger partial charge in [0, 0.05) is 16.8 Å². The van der Waals surface area contributed by atoms with Crippen LogP contribution in [0.2, 0.25) is 0 Å². The number of esters is 1.